The predicted molar refractivity (Wildman–Crippen MR) is 101 cm³/mol. The molecule has 3 aromatic rings. The minimum absolute atomic E-state index is 0.597. The number of rotatable bonds is 7. The Kier molecular flexibility index (Phi) is 5.50. The predicted octanol–water partition coefficient (Wildman–Crippen LogP) is 5.26. The van der Waals surface area contributed by atoms with Crippen molar-refractivity contribution in [2.24, 2.45) is 0 Å². The molecule has 3 aromatic carbocycles. The second kappa shape index (κ2) is 7.98. The van der Waals surface area contributed by atoms with Crippen molar-refractivity contribution >= 4 is 10.8 Å². The second-order valence-electron chi connectivity index (χ2n) is 6.05. The summed E-state index contributed by atoms with van der Waals surface area (Å²) in [6, 6.07) is 23.3. The second-order valence-corrected chi connectivity index (χ2v) is 6.05. The maximum absolute atomic E-state index is 6.10. The van der Waals surface area contributed by atoms with Crippen molar-refractivity contribution in [1.82, 2.24) is 4.90 Å². The fourth-order valence-corrected chi connectivity index (χ4v) is 3.01. The molecule has 2 heteroatoms. The normalized spacial score (nSPS) is 11.1. The molecule has 24 heavy (non-hydrogen) atoms. The minimum Gasteiger partial charge on any atom is -0.488 e. The van der Waals surface area contributed by atoms with Crippen molar-refractivity contribution in [1.29, 1.82) is 0 Å². The van der Waals surface area contributed by atoms with Crippen LogP contribution in [0.5, 0.6) is 5.75 Å². The van der Waals surface area contributed by atoms with E-state index in [9.17, 15) is 0 Å². The van der Waals surface area contributed by atoms with E-state index in [0.717, 1.165) is 25.4 Å². The highest BCUT2D eigenvalue weighted by molar-refractivity contribution is 5.88. The van der Waals surface area contributed by atoms with E-state index in [2.05, 4.69) is 79.4 Å². The van der Waals surface area contributed by atoms with Crippen LogP contribution in [0.1, 0.15) is 25.0 Å². The molecule has 0 spiro atoms. The lowest BCUT2D eigenvalue weighted by molar-refractivity contribution is 0.294. The summed E-state index contributed by atoms with van der Waals surface area (Å²) >= 11 is 0. The number of ether oxygens (including phenoxy) is 1. The maximum atomic E-state index is 6.10. The molecule has 0 aliphatic rings. The van der Waals surface area contributed by atoms with Crippen LogP contribution in [0, 0.1) is 0 Å². The van der Waals surface area contributed by atoms with Gasteiger partial charge in [-0.05, 0) is 35.7 Å². The highest BCUT2D eigenvalue weighted by Crippen LogP contribution is 2.26. The van der Waals surface area contributed by atoms with E-state index < -0.39 is 0 Å². The van der Waals surface area contributed by atoms with E-state index in [4.69, 9.17) is 4.74 Å². The number of hydrogen-bond donors (Lipinski definition) is 0. The minimum atomic E-state index is 0.597. The van der Waals surface area contributed by atoms with E-state index >= 15 is 0 Å². The van der Waals surface area contributed by atoms with Crippen LogP contribution >= 0.6 is 0 Å². The molecule has 0 heterocycles. The first kappa shape index (κ1) is 16.5. The summed E-state index contributed by atoms with van der Waals surface area (Å²) in [5, 5.41) is 2.38. The Bertz CT molecular complexity index is 787. The van der Waals surface area contributed by atoms with Gasteiger partial charge in [-0.2, -0.15) is 0 Å². The molecule has 0 aliphatic carbocycles. The Hall–Kier alpha value is -2.32. The molecular weight excluding hydrogens is 294 g/mol. The summed E-state index contributed by atoms with van der Waals surface area (Å²) < 4.78 is 6.10. The van der Waals surface area contributed by atoms with Crippen LogP contribution in [0.25, 0.3) is 10.8 Å². The van der Waals surface area contributed by atoms with Crippen molar-refractivity contribution in [3.63, 3.8) is 0 Å². The summed E-state index contributed by atoms with van der Waals surface area (Å²) in [5.41, 5.74) is 2.56. The van der Waals surface area contributed by atoms with Crippen LogP contribution < -0.4 is 4.74 Å². The molecule has 3 rings (SSSR count). The lowest BCUT2D eigenvalue weighted by Gasteiger charge is -2.18. The Morgan fingerprint density at radius 1 is 0.792 bits per heavy atom. The first-order chi connectivity index (χ1) is 11.8. The van der Waals surface area contributed by atoms with Gasteiger partial charge in [-0.1, -0.05) is 74.5 Å². The third-order valence-electron chi connectivity index (χ3n) is 4.44. The molecule has 0 bridgehead atoms. The fraction of sp³-hybridized carbons (Fsp3) is 0.273. The molecule has 0 fully saturated rings. The van der Waals surface area contributed by atoms with E-state index in [1.54, 1.807) is 0 Å². The van der Waals surface area contributed by atoms with Gasteiger partial charge in [0.1, 0.15) is 12.4 Å². The molecule has 0 amide bonds. The van der Waals surface area contributed by atoms with Gasteiger partial charge >= 0.3 is 0 Å². The largest absolute Gasteiger partial charge is 0.488 e. The van der Waals surface area contributed by atoms with Crippen molar-refractivity contribution in [2.45, 2.75) is 27.0 Å². The van der Waals surface area contributed by atoms with Gasteiger partial charge in [0.25, 0.3) is 0 Å². The standard InChI is InChI=1S/C22H25NO/c1-3-23(4-2)16-18-9-7-10-19(15-18)17-24-22-14-8-12-20-11-5-6-13-21(20)22/h5-15H,3-4,16-17H2,1-2H3. The molecule has 0 unspecified atom stereocenters. The Morgan fingerprint density at radius 2 is 1.50 bits per heavy atom. The monoisotopic (exact) mass is 319 g/mol. The Balaban J connectivity index is 1.72. The van der Waals surface area contributed by atoms with Crippen molar-refractivity contribution in [3.8, 4) is 5.75 Å². The highest BCUT2D eigenvalue weighted by Gasteiger charge is 2.04. The van der Waals surface area contributed by atoms with Gasteiger partial charge in [0.2, 0.25) is 0 Å². The average Bonchev–Trinajstić information content (AvgIpc) is 2.64. The van der Waals surface area contributed by atoms with Gasteiger partial charge in [0.05, 0.1) is 0 Å². The average molecular weight is 319 g/mol. The van der Waals surface area contributed by atoms with Crippen LogP contribution in [0.3, 0.4) is 0 Å². The summed E-state index contributed by atoms with van der Waals surface area (Å²) in [7, 11) is 0. The van der Waals surface area contributed by atoms with Crippen LogP contribution in [-0.2, 0) is 13.2 Å². The van der Waals surface area contributed by atoms with E-state index in [1.807, 2.05) is 6.07 Å². The zero-order chi connectivity index (χ0) is 16.8. The zero-order valence-electron chi connectivity index (χ0n) is 14.5. The zero-order valence-corrected chi connectivity index (χ0v) is 14.5. The number of fused-ring (bicyclic) bond motifs is 1. The van der Waals surface area contributed by atoms with Gasteiger partial charge < -0.3 is 4.74 Å². The Labute approximate surface area is 144 Å². The number of nitrogens with zero attached hydrogens (tertiary/aromatic N) is 1. The van der Waals surface area contributed by atoms with E-state index in [0.29, 0.717) is 6.61 Å². The lowest BCUT2D eigenvalue weighted by atomic mass is 10.1. The van der Waals surface area contributed by atoms with Crippen LogP contribution in [0.4, 0.5) is 0 Å². The first-order valence-corrected chi connectivity index (χ1v) is 8.71. The summed E-state index contributed by atoms with van der Waals surface area (Å²) in [5.74, 6) is 0.947. The number of hydrogen-bond acceptors (Lipinski definition) is 2. The van der Waals surface area contributed by atoms with Crippen LogP contribution in [-0.4, -0.2) is 18.0 Å². The molecular formula is C22H25NO. The maximum Gasteiger partial charge on any atom is 0.127 e. The van der Waals surface area contributed by atoms with Crippen molar-refractivity contribution in [2.75, 3.05) is 13.1 Å². The van der Waals surface area contributed by atoms with Crippen LogP contribution in [0.2, 0.25) is 0 Å². The smallest absolute Gasteiger partial charge is 0.127 e. The molecule has 124 valence electrons. The third kappa shape index (κ3) is 3.95. The molecule has 0 saturated carbocycles. The molecule has 0 N–H and O–H groups in total. The van der Waals surface area contributed by atoms with Gasteiger partial charge in [-0.15, -0.1) is 0 Å². The number of benzene rings is 3. The fourth-order valence-electron chi connectivity index (χ4n) is 3.01. The van der Waals surface area contributed by atoms with Gasteiger partial charge in [0, 0.05) is 11.9 Å². The summed E-state index contributed by atoms with van der Waals surface area (Å²) in [6.07, 6.45) is 0. The molecule has 0 saturated heterocycles. The van der Waals surface area contributed by atoms with Gasteiger partial charge in [-0.3, -0.25) is 4.90 Å². The SMILES string of the molecule is CCN(CC)Cc1cccc(COc2cccc3ccccc23)c1. The molecule has 0 aliphatic heterocycles. The van der Waals surface area contributed by atoms with E-state index in [1.165, 1.54) is 21.9 Å². The molecule has 0 radical (unpaired) electrons. The van der Waals surface area contributed by atoms with Gasteiger partial charge in [-0.25, -0.2) is 0 Å². The highest BCUT2D eigenvalue weighted by atomic mass is 16.5. The molecule has 2 nitrogen and oxygen atoms in total. The van der Waals surface area contributed by atoms with Gasteiger partial charge in [0.15, 0.2) is 0 Å². The first-order valence-electron chi connectivity index (χ1n) is 8.71. The Morgan fingerprint density at radius 3 is 2.33 bits per heavy atom. The molecule has 0 aromatic heterocycles. The topological polar surface area (TPSA) is 12.5 Å². The summed E-state index contributed by atoms with van der Waals surface area (Å²) in [6.45, 7) is 8.16. The molecule has 0 atom stereocenters. The van der Waals surface area contributed by atoms with Crippen molar-refractivity contribution in [3.05, 3.63) is 77.9 Å². The summed E-state index contributed by atoms with van der Waals surface area (Å²) in [4.78, 5) is 2.42. The lowest BCUT2D eigenvalue weighted by Crippen LogP contribution is -2.22. The quantitative estimate of drug-likeness (QED) is 0.589. The third-order valence-corrected chi connectivity index (χ3v) is 4.44. The van der Waals surface area contributed by atoms with Crippen LogP contribution in [0.15, 0.2) is 66.7 Å². The van der Waals surface area contributed by atoms with Crippen molar-refractivity contribution < 1.29 is 4.74 Å². The van der Waals surface area contributed by atoms with E-state index in [-0.39, 0.29) is 0 Å².